The van der Waals surface area contributed by atoms with Gasteiger partial charge in [0.05, 0.1) is 11.6 Å². The van der Waals surface area contributed by atoms with Gasteiger partial charge in [0, 0.05) is 11.4 Å². The molecule has 0 fully saturated rings. The number of nitrogens with zero attached hydrogens (tertiary/aromatic N) is 3. The largest absolute Gasteiger partial charge is 0.330 e. The molecule has 0 aliphatic rings. The van der Waals surface area contributed by atoms with Crippen molar-refractivity contribution in [3.05, 3.63) is 64.7 Å². The van der Waals surface area contributed by atoms with Gasteiger partial charge < -0.3 is 5.32 Å². The topological polar surface area (TPSA) is 61.6 Å². The van der Waals surface area contributed by atoms with Crippen molar-refractivity contribution in [3.63, 3.8) is 0 Å². The Morgan fingerprint density at radius 1 is 1.12 bits per heavy atom. The number of hydrogen-bond acceptors (Lipinski definition) is 6. The summed E-state index contributed by atoms with van der Waals surface area (Å²) in [6, 6.07) is 15.9. The molecule has 0 radical (unpaired) electrons. The number of anilines is 2. The van der Waals surface area contributed by atoms with Crippen LogP contribution in [0.3, 0.4) is 0 Å². The molecule has 4 nitrogen and oxygen atoms in total. The van der Waals surface area contributed by atoms with Crippen LogP contribution in [0.5, 0.6) is 0 Å². The Morgan fingerprint density at radius 2 is 1.92 bits per heavy atom. The van der Waals surface area contributed by atoms with E-state index in [1.807, 2.05) is 36.4 Å². The quantitative estimate of drug-likeness (QED) is 0.650. The standard InChI is InChI=1S/C18H16N4S2/c1-12-4-3-5-16(13(12)2)20-17-21-22-18(24-17)23-11-15-8-6-14(10-19)7-9-15/h3-9H,11H2,1-2H3,(H,20,21). The van der Waals surface area contributed by atoms with E-state index in [2.05, 4.69) is 41.5 Å². The van der Waals surface area contributed by atoms with E-state index in [-0.39, 0.29) is 0 Å². The predicted molar refractivity (Wildman–Crippen MR) is 99.8 cm³/mol. The SMILES string of the molecule is Cc1cccc(Nc2nnc(SCc3ccc(C#N)cc3)s2)c1C. The number of nitrogens with one attached hydrogen (secondary N) is 1. The molecular formula is C18H16N4S2. The average molecular weight is 352 g/mol. The third-order valence-electron chi connectivity index (χ3n) is 3.70. The first-order valence-corrected chi connectivity index (χ1v) is 9.24. The van der Waals surface area contributed by atoms with Gasteiger partial charge >= 0.3 is 0 Å². The zero-order chi connectivity index (χ0) is 16.9. The Kier molecular flexibility index (Phi) is 5.14. The predicted octanol–water partition coefficient (Wildman–Crippen LogP) is 5.06. The number of nitriles is 1. The van der Waals surface area contributed by atoms with E-state index >= 15 is 0 Å². The third-order valence-corrected chi connectivity index (χ3v) is 5.74. The van der Waals surface area contributed by atoms with Gasteiger partial charge in [-0.15, -0.1) is 10.2 Å². The summed E-state index contributed by atoms with van der Waals surface area (Å²) in [5, 5.41) is 21.4. The molecule has 0 saturated heterocycles. The smallest absolute Gasteiger partial charge is 0.210 e. The third kappa shape index (κ3) is 3.94. The Labute approximate surface area is 149 Å². The second-order valence-electron chi connectivity index (χ2n) is 5.34. The fraction of sp³-hybridized carbons (Fsp3) is 0.167. The normalized spacial score (nSPS) is 10.4. The maximum Gasteiger partial charge on any atom is 0.210 e. The molecule has 1 aromatic heterocycles. The van der Waals surface area contributed by atoms with Crippen molar-refractivity contribution in [1.82, 2.24) is 10.2 Å². The lowest BCUT2D eigenvalue weighted by atomic mass is 10.1. The minimum absolute atomic E-state index is 0.680. The van der Waals surface area contributed by atoms with Crippen LogP contribution in [0.2, 0.25) is 0 Å². The summed E-state index contributed by atoms with van der Waals surface area (Å²) in [4.78, 5) is 0. The lowest BCUT2D eigenvalue weighted by Crippen LogP contribution is -1.94. The number of aromatic nitrogens is 2. The summed E-state index contributed by atoms with van der Waals surface area (Å²) < 4.78 is 0.923. The van der Waals surface area contributed by atoms with E-state index in [4.69, 9.17) is 5.26 Å². The second kappa shape index (κ2) is 7.47. The highest BCUT2D eigenvalue weighted by Gasteiger charge is 2.07. The molecule has 120 valence electrons. The summed E-state index contributed by atoms with van der Waals surface area (Å²) in [7, 11) is 0. The number of hydrogen-bond donors (Lipinski definition) is 1. The maximum atomic E-state index is 8.82. The molecule has 2 aromatic carbocycles. The molecule has 1 N–H and O–H groups in total. The Morgan fingerprint density at radius 3 is 2.67 bits per heavy atom. The van der Waals surface area contributed by atoms with Crippen molar-refractivity contribution in [2.75, 3.05) is 5.32 Å². The van der Waals surface area contributed by atoms with Crippen LogP contribution in [0.25, 0.3) is 0 Å². The Hall–Kier alpha value is -2.36. The van der Waals surface area contributed by atoms with E-state index < -0.39 is 0 Å². The highest BCUT2D eigenvalue weighted by atomic mass is 32.2. The van der Waals surface area contributed by atoms with E-state index in [1.54, 1.807) is 23.1 Å². The van der Waals surface area contributed by atoms with Gasteiger partial charge in [0.1, 0.15) is 0 Å². The molecule has 0 aliphatic heterocycles. The zero-order valence-corrected chi connectivity index (χ0v) is 15.0. The molecule has 3 rings (SSSR count). The molecule has 0 bridgehead atoms. The minimum atomic E-state index is 0.680. The molecule has 6 heteroatoms. The Bertz CT molecular complexity index is 879. The molecule has 0 aliphatic carbocycles. The number of aryl methyl sites for hydroxylation is 1. The molecule has 0 spiro atoms. The van der Waals surface area contributed by atoms with Crippen molar-refractivity contribution in [2.45, 2.75) is 23.9 Å². The number of benzene rings is 2. The van der Waals surface area contributed by atoms with Gasteiger partial charge in [-0.1, -0.05) is 47.4 Å². The lowest BCUT2D eigenvalue weighted by molar-refractivity contribution is 1.01. The first kappa shape index (κ1) is 16.5. The summed E-state index contributed by atoms with van der Waals surface area (Å²) in [5.74, 6) is 0.809. The van der Waals surface area contributed by atoms with Crippen molar-refractivity contribution >= 4 is 33.9 Å². The highest BCUT2D eigenvalue weighted by molar-refractivity contribution is 8.00. The van der Waals surface area contributed by atoms with Gasteiger partial charge in [-0.2, -0.15) is 5.26 Å². The zero-order valence-electron chi connectivity index (χ0n) is 13.4. The van der Waals surface area contributed by atoms with Crippen molar-refractivity contribution in [1.29, 1.82) is 5.26 Å². The average Bonchev–Trinajstić information content (AvgIpc) is 3.05. The van der Waals surface area contributed by atoms with Gasteiger partial charge in [-0.05, 0) is 48.7 Å². The molecule has 1 heterocycles. The summed E-state index contributed by atoms with van der Waals surface area (Å²) in [6.45, 7) is 4.19. The Balaban J connectivity index is 1.63. The van der Waals surface area contributed by atoms with E-state index in [1.165, 1.54) is 16.7 Å². The fourth-order valence-electron chi connectivity index (χ4n) is 2.14. The fourth-order valence-corrected chi connectivity index (χ4v) is 3.86. The van der Waals surface area contributed by atoms with E-state index in [0.717, 1.165) is 20.9 Å². The number of rotatable bonds is 5. The molecule has 3 aromatic rings. The molecule has 0 amide bonds. The van der Waals surface area contributed by atoms with Crippen LogP contribution in [-0.2, 0) is 5.75 Å². The van der Waals surface area contributed by atoms with Gasteiger partial charge in [-0.3, -0.25) is 0 Å². The maximum absolute atomic E-state index is 8.82. The van der Waals surface area contributed by atoms with E-state index in [9.17, 15) is 0 Å². The van der Waals surface area contributed by atoms with Crippen LogP contribution in [0.1, 0.15) is 22.3 Å². The summed E-state index contributed by atoms with van der Waals surface area (Å²) in [5.41, 5.74) is 5.38. The highest BCUT2D eigenvalue weighted by Crippen LogP contribution is 2.31. The summed E-state index contributed by atoms with van der Waals surface area (Å²) in [6.07, 6.45) is 0. The summed E-state index contributed by atoms with van der Waals surface area (Å²) >= 11 is 3.19. The first-order chi connectivity index (χ1) is 11.7. The molecule has 0 unspecified atom stereocenters. The van der Waals surface area contributed by atoms with Gasteiger partial charge in [-0.25, -0.2) is 0 Å². The van der Waals surface area contributed by atoms with Crippen LogP contribution in [0.4, 0.5) is 10.8 Å². The molecule has 0 atom stereocenters. The van der Waals surface area contributed by atoms with Gasteiger partial charge in [0.15, 0.2) is 4.34 Å². The lowest BCUT2D eigenvalue weighted by Gasteiger charge is -2.08. The van der Waals surface area contributed by atoms with E-state index in [0.29, 0.717) is 5.56 Å². The van der Waals surface area contributed by atoms with Gasteiger partial charge in [0.25, 0.3) is 0 Å². The molecule has 24 heavy (non-hydrogen) atoms. The van der Waals surface area contributed by atoms with Gasteiger partial charge in [0.2, 0.25) is 5.13 Å². The monoisotopic (exact) mass is 352 g/mol. The number of thioether (sulfide) groups is 1. The van der Waals surface area contributed by atoms with Crippen molar-refractivity contribution in [2.24, 2.45) is 0 Å². The van der Waals surface area contributed by atoms with Crippen LogP contribution < -0.4 is 5.32 Å². The van der Waals surface area contributed by atoms with Crippen LogP contribution in [0.15, 0.2) is 46.8 Å². The first-order valence-electron chi connectivity index (χ1n) is 7.44. The molecule has 0 saturated carbocycles. The van der Waals surface area contributed by atoms with Crippen LogP contribution >= 0.6 is 23.1 Å². The van der Waals surface area contributed by atoms with Crippen LogP contribution in [0, 0.1) is 25.2 Å². The van der Waals surface area contributed by atoms with Crippen molar-refractivity contribution in [3.8, 4) is 6.07 Å². The molecular weight excluding hydrogens is 336 g/mol. The van der Waals surface area contributed by atoms with Crippen LogP contribution in [-0.4, -0.2) is 10.2 Å². The van der Waals surface area contributed by atoms with Crippen molar-refractivity contribution < 1.29 is 0 Å². The minimum Gasteiger partial charge on any atom is -0.330 e. The second-order valence-corrected chi connectivity index (χ2v) is 7.54.